The summed E-state index contributed by atoms with van der Waals surface area (Å²) in [5, 5.41) is 8.83. The Balaban J connectivity index is 1.71. The number of hydrogen-bond acceptors (Lipinski definition) is 6. The highest BCUT2D eigenvalue weighted by Crippen LogP contribution is 2.30. The van der Waals surface area contributed by atoms with Crippen LogP contribution < -0.4 is 0 Å². The standard InChI is InChI=1S/C17H17N3O4/c1-10-12-5-3-4-6-14(12)24-15(10)17(21)20-7-8-22-9-13(20)16-19-18-11(2)23-16/h3-6,13H,7-9H2,1-2H3. The summed E-state index contributed by atoms with van der Waals surface area (Å²) in [6, 6.07) is 7.22. The minimum Gasteiger partial charge on any atom is -0.451 e. The molecule has 1 amide bonds. The van der Waals surface area contributed by atoms with E-state index in [0.717, 1.165) is 10.9 Å². The van der Waals surface area contributed by atoms with Crippen LogP contribution in [0.3, 0.4) is 0 Å². The Bertz CT molecular complexity index is 898. The van der Waals surface area contributed by atoms with E-state index in [4.69, 9.17) is 13.6 Å². The lowest BCUT2D eigenvalue weighted by Gasteiger charge is -2.32. The van der Waals surface area contributed by atoms with E-state index in [1.54, 1.807) is 11.8 Å². The van der Waals surface area contributed by atoms with Gasteiger partial charge in [0.1, 0.15) is 11.6 Å². The molecule has 1 fully saturated rings. The second kappa shape index (κ2) is 5.76. The highest BCUT2D eigenvalue weighted by Gasteiger charge is 2.35. The molecule has 7 nitrogen and oxygen atoms in total. The Morgan fingerprint density at radius 2 is 2.04 bits per heavy atom. The highest BCUT2D eigenvalue weighted by molar-refractivity contribution is 5.99. The summed E-state index contributed by atoms with van der Waals surface area (Å²) in [6.45, 7) is 4.85. The SMILES string of the molecule is Cc1nnc(C2COCCN2C(=O)c2oc3ccccc3c2C)o1. The first-order chi connectivity index (χ1) is 11.6. The molecule has 0 radical (unpaired) electrons. The first-order valence-corrected chi connectivity index (χ1v) is 7.82. The minimum absolute atomic E-state index is 0.187. The third-order valence-corrected chi connectivity index (χ3v) is 4.25. The third kappa shape index (κ3) is 2.37. The predicted octanol–water partition coefficient (Wildman–Crippen LogP) is 2.65. The van der Waals surface area contributed by atoms with E-state index in [0.29, 0.717) is 42.9 Å². The van der Waals surface area contributed by atoms with Crippen LogP contribution in [0.5, 0.6) is 0 Å². The number of fused-ring (bicyclic) bond motifs is 1. The maximum atomic E-state index is 13.1. The van der Waals surface area contributed by atoms with Crippen molar-refractivity contribution in [3.05, 3.63) is 47.4 Å². The van der Waals surface area contributed by atoms with Gasteiger partial charge in [0, 0.05) is 24.4 Å². The Morgan fingerprint density at radius 3 is 2.79 bits per heavy atom. The molecule has 1 aliphatic heterocycles. The average molecular weight is 327 g/mol. The molecule has 0 N–H and O–H groups in total. The van der Waals surface area contributed by atoms with Crippen molar-refractivity contribution >= 4 is 16.9 Å². The van der Waals surface area contributed by atoms with Gasteiger partial charge in [-0.25, -0.2) is 0 Å². The van der Waals surface area contributed by atoms with E-state index < -0.39 is 6.04 Å². The second-order valence-corrected chi connectivity index (χ2v) is 5.80. The molecule has 124 valence electrons. The Morgan fingerprint density at radius 1 is 1.21 bits per heavy atom. The van der Waals surface area contributed by atoms with Gasteiger partial charge in [0.2, 0.25) is 11.8 Å². The lowest BCUT2D eigenvalue weighted by atomic mass is 10.1. The zero-order valence-corrected chi connectivity index (χ0v) is 13.5. The molecular weight excluding hydrogens is 310 g/mol. The first-order valence-electron chi connectivity index (χ1n) is 7.82. The molecule has 0 bridgehead atoms. The number of aryl methyl sites for hydroxylation is 2. The summed E-state index contributed by atoms with van der Waals surface area (Å²) in [7, 11) is 0. The van der Waals surface area contributed by atoms with Gasteiger partial charge >= 0.3 is 0 Å². The molecule has 3 aromatic rings. The fraction of sp³-hybridized carbons (Fsp3) is 0.353. The van der Waals surface area contributed by atoms with Crippen molar-refractivity contribution in [1.82, 2.24) is 15.1 Å². The number of carbonyl (C=O) groups excluding carboxylic acids is 1. The average Bonchev–Trinajstić information content (AvgIpc) is 3.18. The molecule has 1 saturated heterocycles. The molecule has 2 aromatic heterocycles. The molecular formula is C17H17N3O4. The van der Waals surface area contributed by atoms with Crippen LogP contribution in [0, 0.1) is 13.8 Å². The number of hydrogen-bond donors (Lipinski definition) is 0. The number of aromatic nitrogens is 2. The van der Waals surface area contributed by atoms with Crippen molar-refractivity contribution in [3.8, 4) is 0 Å². The van der Waals surface area contributed by atoms with Gasteiger partial charge < -0.3 is 18.5 Å². The molecule has 1 unspecified atom stereocenters. The molecule has 0 spiro atoms. The molecule has 0 saturated carbocycles. The van der Waals surface area contributed by atoms with Gasteiger partial charge in [-0.15, -0.1) is 10.2 Å². The van der Waals surface area contributed by atoms with Gasteiger partial charge in [-0.2, -0.15) is 0 Å². The normalized spacial score (nSPS) is 18.2. The predicted molar refractivity (Wildman–Crippen MR) is 84.6 cm³/mol. The van der Waals surface area contributed by atoms with E-state index in [2.05, 4.69) is 10.2 Å². The van der Waals surface area contributed by atoms with Crippen molar-refractivity contribution in [2.24, 2.45) is 0 Å². The zero-order chi connectivity index (χ0) is 16.7. The van der Waals surface area contributed by atoms with Crippen LogP contribution in [0.4, 0.5) is 0 Å². The highest BCUT2D eigenvalue weighted by atomic mass is 16.5. The van der Waals surface area contributed by atoms with Gasteiger partial charge in [-0.3, -0.25) is 4.79 Å². The quantitative estimate of drug-likeness (QED) is 0.720. The number of ether oxygens (including phenoxy) is 1. The first kappa shape index (κ1) is 14.9. The van der Waals surface area contributed by atoms with Crippen molar-refractivity contribution < 1.29 is 18.4 Å². The Hall–Kier alpha value is -2.67. The Kier molecular flexibility index (Phi) is 3.57. The van der Waals surface area contributed by atoms with E-state index in [1.165, 1.54) is 0 Å². The zero-order valence-electron chi connectivity index (χ0n) is 13.5. The van der Waals surface area contributed by atoms with Gasteiger partial charge in [0.25, 0.3) is 5.91 Å². The van der Waals surface area contributed by atoms with Crippen LogP contribution in [-0.2, 0) is 4.74 Å². The smallest absolute Gasteiger partial charge is 0.290 e. The summed E-state index contributed by atoms with van der Waals surface area (Å²) >= 11 is 0. The number of morpholine rings is 1. The molecule has 1 aliphatic rings. The summed E-state index contributed by atoms with van der Waals surface area (Å²) in [4.78, 5) is 14.7. The second-order valence-electron chi connectivity index (χ2n) is 5.80. The van der Waals surface area contributed by atoms with Crippen molar-refractivity contribution in [2.45, 2.75) is 19.9 Å². The molecule has 7 heteroatoms. The lowest BCUT2D eigenvalue weighted by molar-refractivity contribution is -0.0120. The van der Waals surface area contributed by atoms with Crippen LogP contribution in [0.15, 0.2) is 33.1 Å². The summed E-state index contributed by atoms with van der Waals surface area (Å²) in [5.74, 6) is 1.00. The number of benzene rings is 1. The van der Waals surface area contributed by atoms with E-state index in [9.17, 15) is 4.79 Å². The van der Waals surface area contributed by atoms with Gasteiger partial charge in [-0.1, -0.05) is 18.2 Å². The van der Waals surface area contributed by atoms with Gasteiger partial charge in [0.15, 0.2) is 5.76 Å². The Labute approximate surface area is 138 Å². The van der Waals surface area contributed by atoms with Crippen molar-refractivity contribution in [2.75, 3.05) is 19.8 Å². The molecule has 1 aromatic carbocycles. The van der Waals surface area contributed by atoms with Crippen molar-refractivity contribution in [3.63, 3.8) is 0 Å². The van der Waals surface area contributed by atoms with Crippen LogP contribution in [0.1, 0.15) is 33.9 Å². The number of carbonyl (C=O) groups is 1. The summed E-state index contributed by atoms with van der Waals surface area (Å²) < 4.78 is 16.8. The molecule has 0 aliphatic carbocycles. The van der Waals surface area contributed by atoms with Crippen LogP contribution in [0.2, 0.25) is 0 Å². The van der Waals surface area contributed by atoms with Gasteiger partial charge in [0.05, 0.1) is 13.2 Å². The number of furan rings is 1. The topological polar surface area (TPSA) is 81.6 Å². The number of rotatable bonds is 2. The van der Waals surface area contributed by atoms with E-state index in [-0.39, 0.29) is 5.91 Å². The molecule has 1 atom stereocenters. The maximum absolute atomic E-state index is 13.1. The maximum Gasteiger partial charge on any atom is 0.290 e. The van der Waals surface area contributed by atoms with Crippen molar-refractivity contribution in [1.29, 1.82) is 0 Å². The molecule has 24 heavy (non-hydrogen) atoms. The monoisotopic (exact) mass is 327 g/mol. The summed E-state index contributed by atoms with van der Waals surface area (Å²) in [6.07, 6.45) is 0. The van der Waals surface area contributed by atoms with Crippen LogP contribution in [-0.4, -0.2) is 40.8 Å². The molecule has 4 rings (SSSR count). The number of amides is 1. The number of nitrogens with zero attached hydrogens (tertiary/aromatic N) is 3. The molecule has 3 heterocycles. The lowest BCUT2D eigenvalue weighted by Crippen LogP contribution is -2.43. The van der Waals surface area contributed by atoms with Crippen LogP contribution >= 0.6 is 0 Å². The van der Waals surface area contributed by atoms with E-state index in [1.807, 2.05) is 31.2 Å². The summed E-state index contributed by atoms with van der Waals surface area (Å²) in [5.41, 5.74) is 1.54. The fourth-order valence-electron chi connectivity index (χ4n) is 3.01. The third-order valence-electron chi connectivity index (χ3n) is 4.25. The minimum atomic E-state index is -0.403. The fourth-order valence-corrected chi connectivity index (χ4v) is 3.01. The van der Waals surface area contributed by atoms with Crippen LogP contribution in [0.25, 0.3) is 11.0 Å². The number of para-hydroxylation sites is 1. The largest absolute Gasteiger partial charge is 0.451 e. The van der Waals surface area contributed by atoms with E-state index >= 15 is 0 Å². The van der Waals surface area contributed by atoms with Gasteiger partial charge in [-0.05, 0) is 13.0 Å².